The van der Waals surface area contributed by atoms with Crippen LogP contribution in [0.15, 0.2) is 85.2 Å². The molecule has 2 N–H and O–H groups in total. The first-order valence-corrected chi connectivity index (χ1v) is 11.3. The number of nitrogens with zero attached hydrogens (tertiary/aromatic N) is 5. The molecule has 1 aliphatic heterocycles. The van der Waals surface area contributed by atoms with Crippen LogP contribution in [-0.4, -0.2) is 55.3 Å². The van der Waals surface area contributed by atoms with Gasteiger partial charge in [0.2, 0.25) is 0 Å². The summed E-state index contributed by atoms with van der Waals surface area (Å²) in [6.45, 7) is 1.16. The summed E-state index contributed by atoms with van der Waals surface area (Å²) in [6, 6.07) is 21.2. The number of anilines is 1. The number of nitrogens with one attached hydrogen (secondary N) is 2. The van der Waals surface area contributed by atoms with Crippen LogP contribution in [0.5, 0.6) is 0 Å². The van der Waals surface area contributed by atoms with Gasteiger partial charge in [0.1, 0.15) is 11.9 Å². The van der Waals surface area contributed by atoms with Gasteiger partial charge >= 0.3 is 6.03 Å². The smallest absolute Gasteiger partial charge is 0.322 e. The van der Waals surface area contributed by atoms with Crippen molar-refractivity contribution in [1.82, 2.24) is 30.4 Å². The summed E-state index contributed by atoms with van der Waals surface area (Å²) in [4.78, 5) is 52.2. The van der Waals surface area contributed by atoms with Crippen LogP contribution in [0, 0.1) is 0 Å². The maximum atomic E-state index is 13.3. The summed E-state index contributed by atoms with van der Waals surface area (Å²) >= 11 is 0. The van der Waals surface area contributed by atoms with Crippen LogP contribution in [-0.2, 0) is 10.3 Å². The number of urea groups is 1. The lowest BCUT2D eigenvalue weighted by atomic mass is 9.91. The van der Waals surface area contributed by atoms with Crippen molar-refractivity contribution in [3.05, 3.63) is 102 Å². The minimum absolute atomic E-state index is 0.276. The quantitative estimate of drug-likeness (QED) is 0.297. The van der Waals surface area contributed by atoms with Gasteiger partial charge in [0.15, 0.2) is 5.78 Å². The predicted molar refractivity (Wildman–Crippen MR) is 132 cm³/mol. The molecule has 1 aliphatic rings. The van der Waals surface area contributed by atoms with E-state index in [1.807, 2.05) is 6.07 Å². The average Bonchev–Trinajstić information content (AvgIpc) is 3.54. The topological polar surface area (TPSA) is 139 Å². The Morgan fingerprint density at radius 3 is 2.41 bits per heavy atom. The first-order chi connectivity index (χ1) is 17.8. The van der Waals surface area contributed by atoms with Crippen LogP contribution >= 0.6 is 0 Å². The largest absolute Gasteiger partial charge is 0.325 e. The number of imide groups is 1. The van der Waals surface area contributed by atoms with Crippen molar-refractivity contribution in [3.63, 3.8) is 0 Å². The molecule has 3 aromatic carbocycles. The number of benzene rings is 3. The van der Waals surface area contributed by atoms with Crippen molar-refractivity contribution < 1.29 is 19.2 Å². The van der Waals surface area contributed by atoms with Gasteiger partial charge in [-0.05, 0) is 71.4 Å². The number of aromatic nitrogens is 4. The predicted octanol–water partition coefficient (Wildman–Crippen LogP) is 2.56. The third-order valence-corrected chi connectivity index (χ3v) is 6.11. The second kappa shape index (κ2) is 9.46. The second-order valence-electron chi connectivity index (χ2n) is 8.57. The van der Waals surface area contributed by atoms with E-state index < -0.39 is 29.8 Å². The Morgan fingerprint density at radius 1 is 0.946 bits per heavy atom. The SMILES string of the molecule is C[C@@]1(c2cccc(-n3cnnn3)c2)NC(=O)N(CC(=O)c2ccc(NC(=O)c3ccccc3)cc2)C1=O. The highest BCUT2D eigenvalue weighted by Crippen LogP contribution is 2.30. The number of amides is 4. The third kappa shape index (κ3) is 4.57. The normalized spacial score (nSPS) is 16.9. The molecule has 0 spiro atoms. The summed E-state index contributed by atoms with van der Waals surface area (Å²) in [5.41, 5.74) is 1.08. The molecule has 1 saturated heterocycles. The molecule has 0 aliphatic carbocycles. The molecule has 1 atom stereocenters. The molecule has 2 heterocycles. The van der Waals surface area contributed by atoms with Gasteiger partial charge in [-0.1, -0.05) is 30.3 Å². The first-order valence-electron chi connectivity index (χ1n) is 11.3. The molecular weight excluding hydrogens is 474 g/mol. The monoisotopic (exact) mass is 495 g/mol. The Bertz CT molecular complexity index is 1490. The molecule has 0 radical (unpaired) electrons. The average molecular weight is 495 g/mol. The number of rotatable bonds is 7. The minimum atomic E-state index is -1.37. The summed E-state index contributed by atoms with van der Waals surface area (Å²) in [5, 5.41) is 16.5. The zero-order valence-electron chi connectivity index (χ0n) is 19.7. The summed E-state index contributed by atoms with van der Waals surface area (Å²) in [7, 11) is 0. The Hall–Kier alpha value is -5.19. The van der Waals surface area contributed by atoms with Crippen LogP contribution in [0.1, 0.15) is 33.2 Å². The van der Waals surface area contributed by atoms with Gasteiger partial charge in [-0.25, -0.2) is 9.48 Å². The third-order valence-electron chi connectivity index (χ3n) is 6.11. The van der Waals surface area contributed by atoms with E-state index in [4.69, 9.17) is 0 Å². The number of ketones is 1. The molecule has 11 heteroatoms. The molecule has 4 amide bonds. The Morgan fingerprint density at radius 2 is 1.70 bits per heavy atom. The molecule has 11 nitrogen and oxygen atoms in total. The zero-order chi connectivity index (χ0) is 26.0. The summed E-state index contributed by atoms with van der Waals surface area (Å²) in [6.07, 6.45) is 1.42. The molecule has 184 valence electrons. The molecule has 1 aromatic heterocycles. The second-order valence-corrected chi connectivity index (χ2v) is 8.57. The molecule has 4 aromatic rings. The highest BCUT2D eigenvalue weighted by molar-refractivity contribution is 6.11. The summed E-state index contributed by atoms with van der Waals surface area (Å²) in [5.74, 6) is -1.25. The van der Waals surface area contributed by atoms with E-state index >= 15 is 0 Å². The van der Waals surface area contributed by atoms with Crippen molar-refractivity contribution in [2.24, 2.45) is 0 Å². The maximum Gasteiger partial charge on any atom is 0.325 e. The Labute approximate surface area is 211 Å². The molecular formula is C26H21N7O4. The lowest BCUT2D eigenvalue weighted by Gasteiger charge is -2.22. The number of carbonyl (C=O) groups is 4. The molecule has 0 unspecified atom stereocenters. The fourth-order valence-corrected chi connectivity index (χ4v) is 4.04. The van der Waals surface area contributed by atoms with Crippen molar-refractivity contribution >= 4 is 29.3 Å². The Kier molecular flexibility index (Phi) is 6.02. The highest BCUT2D eigenvalue weighted by atomic mass is 16.2. The fourth-order valence-electron chi connectivity index (χ4n) is 4.04. The number of carbonyl (C=O) groups excluding carboxylic acids is 4. The van der Waals surface area contributed by atoms with E-state index in [2.05, 4.69) is 26.2 Å². The van der Waals surface area contributed by atoms with Crippen LogP contribution < -0.4 is 10.6 Å². The number of hydrogen-bond donors (Lipinski definition) is 2. The molecule has 0 bridgehead atoms. The molecule has 0 saturated carbocycles. The van der Waals surface area contributed by atoms with Gasteiger partial charge in [0.05, 0.1) is 12.2 Å². The van der Waals surface area contributed by atoms with E-state index in [1.54, 1.807) is 67.6 Å². The maximum absolute atomic E-state index is 13.3. The van der Waals surface area contributed by atoms with Gasteiger partial charge in [-0.3, -0.25) is 19.3 Å². The van der Waals surface area contributed by atoms with Crippen LogP contribution in [0.25, 0.3) is 5.69 Å². The molecule has 37 heavy (non-hydrogen) atoms. The van der Waals surface area contributed by atoms with E-state index in [0.717, 1.165) is 4.90 Å². The van der Waals surface area contributed by atoms with E-state index in [-0.39, 0.29) is 5.91 Å². The van der Waals surface area contributed by atoms with Crippen LogP contribution in [0.4, 0.5) is 10.5 Å². The van der Waals surface area contributed by atoms with Crippen molar-refractivity contribution in [2.45, 2.75) is 12.5 Å². The van der Waals surface area contributed by atoms with E-state index in [1.165, 1.54) is 23.1 Å². The standard InChI is InChI=1S/C26H21N7O4/c1-26(19-8-5-9-21(14-19)33-16-27-30-31-33)24(36)32(25(37)29-26)15-22(34)17-10-12-20(13-11-17)28-23(35)18-6-3-2-4-7-18/h2-14,16H,15H2,1H3,(H,28,35)(H,29,37)/t26-/m0/s1. The van der Waals surface area contributed by atoms with Crippen molar-refractivity contribution in [1.29, 1.82) is 0 Å². The van der Waals surface area contributed by atoms with Gasteiger partial charge in [-0.15, -0.1) is 5.10 Å². The van der Waals surface area contributed by atoms with Crippen molar-refractivity contribution in [2.75, 3.05) is 11.9 Å². The van der Waals surface area contributed by atoms with Crippen LogP contribution in [0.2, 0.25) is 0 Å². The number of tetrazole rings is 1. The van der Waals surface area contributed by atoms with Gasteiger partial charge < -0.3 is 10.6 Å². The first kappa shape index (κ1) is 23.5. The zero-order valence-corrected chi connectivity index (χ0v) is 19.7. The fraction of sp³-hybridized carbons (Fsp3) is 0.115. The van der Waals surface area contributed by atoms with E-state index in [0.29, 0.717) is 28.1 Å². The van der Waals surface area contributed by atoms with Crippen LogP contribution in [0.3, 0.4) is 0 Å². The Balaban J connectivity index is 1.28. The van der Waals surface area contributed by atoms with Gasteiger partial charge in [0.25, 0.3) is 11.8 Å². The highest BCUT2D eigenvalue weighted by Gasteiger charge is 2.49. The molecule has 1 fully saturated rings. The number of Topliss-reactive ketones (excluding diaryl/α,β-unsaturated/α-hetero) is 1. The van der Waals surface area contributed by atoms with Crippen molar-refractivity contribution in [3.8, 4) is 5.69 Å². The molecule has 5 rings (SSSR count). The van der Waals surface area contributed by atoms with Gasteiger partial charge in [0, 0.05) is 16.8 Å². The van der Waals surface area contributed by atoms with E-state index in [9.17, 15) is 19.2 Å². The number of hydrogen-bond acceptors (Lipinski definition) is 7. The lowest BCUT2D eigenvalue weighted by molar-refractivity contribution is -0.130. The minimum Gasteiger partial charge on any atom is -0.322 e. The lowest BCUT2D eigenvalue weighted by Crippen LogP contribution is -2.41. The summed E-state index contributed by atoms with van der Waals surface area (Å²) < 4.78 is 1.43. The van der Waals surface area contributed by atoms with Gasteiger partial charge in [-0.2, -0.15) is 0 Å².